The predicted octanol–water partition coefficient (Wildman–Crippen LogP) is 8.24. The molecule has 0 fully saturated rings. The Balaban J connectivity index is 1.78. The minimum absolute atomic E-state index is 0.869. The quantitative estimate of drug-likeness (QED) is 0.145. The summed E-state index contributed by atoms with van der Waals surface area (Å²) in [5, 5.41) is 0. The van der Waals surface area contributed by atoms with Crippen LogP contribution in [0.4, 0.5) is 0 Å². The van der Waals surface area contributed by atoms with Crippen LogP contribution < -0.4 is 5.73 Å². The number of nitrogens with two attached hydrogens (primary N) is 1. The van der Waals surface area contributed by atoms with Gasteiger partial charge in [-0.05, 0) is 25.8 Å². The van der Waals surface area contributed by atoms with Crippen LogP contribution in [0, 0.1) is 0 Å². The molecule has 0 aliphatic carbocycles. The number of quaternary nitrogens is 1. The molecular weight excluding hydrogens is 376 g/mol. The minimum Gasteiger partial charge on any atom is -0.330 e. The third kappa shape index (κ3) is 18.4. The highest BCUT2D eigenvalue weighted by Crippen LogP contribution is 2.15. The lowest BCUT2D eigenvalue weighted by Gasteiger charge is -2.30. The van der Waals surface area contributed by atoms with Gasteiger partial charge in [0.1, 0.15) is 6.54 Å². The molecule has 31 heavy (non-hydrogen) atoms. The minimum atomic E-state index is 0.869. The van der Waals surface area contributed by atoms with Gasteiger partial charge in [-0.15, -0.1) is 0 Å². The summed E-state index contributed by atoms with van der Waals surface area (Å²) in [7, 11) is 4.75. The Bertz CT molecular complexity index is 483. The number of rotatable bonds is 22. The summed E-state index contributed by atoms with van der Waals surface area (Å²) in [6.45, 7) is 3.31. The highest BCUT2D eigenvalue weighted by molar-refractivity contribution is 5.13. The van der Waals surface area contributed by atoms with Gasteiger partial charge in [-0.25, -0.2) is 0 Å². The molecule has 2 nitrogen and oxygen atoms in total. The van der Waals surface area contributed by atoms with Gasteiger partial charge in [0.25, 0.3) is 0 Å². The Hall–Kier alpha value is -0.860. The summed E-state index contributed by atoms with van der Waals surface area (Å²) < 4.78 is 1.11. The summed E-state index contributed by atoms with van der Waals surface area (Å²) in [6, 6.07) is 10.9. The molecule has 0 saturated carbocycles. The molecule has 0 aromatic heterocycles. The largest absolute Gasteiger partial charge is 0.330 e. The van der Waals surface area contributed by atoms with Crippen molar-refractivity contribution >= 4 is 0 Å². The topological polar surface area (TPSA) is 26.0 Å². The van der Waals surface area contributed by atoms with Crippen molar-refractivity contribution in [1.29, 1.82) is 0 Å². The van der Waals surface area contributed by atoms with E-state index in [0.29, 0.717) is 0 Å². The molecular formula is C29H55N2+. The summed E-state index contributed by atoms with van der Waals surface area (Å²) >= 11 is 0. The van der Waals surface area contributed by atoms with Crippen LogP contribution in [0.1, 0.15) is 121 Å². The van der Waals surface area contributed by atoms with E-state index >= 15 is 0 Å². The Kier molecular flexibility index (Phi) is 18.0. The first-order valence-electron chi connectivity index (χ1n) is 13.7. The molecule has 1 rings (SSSR count). The van der Waals surface area contributed by atoms with Gasteiger partial charge in [0.15, 0.2) is 0 Å². The van der Waals surface area contributed by atoms with Gasteiger partial charge in [-0.2, -0.15) is 0 Å². The fourth-order valence-corrected chi connectivity index (χ4v) is 4.67. The van der Waals surface area contributed by atoms with Gasteiger partial charge in [-0.1, -0.05) is 127 Å². The fourth-order valence-electron chi connectivity index (χ4n) is 4.67. The van der Waals surface area contributed by atoms with Crippen molar-refractivity contribution in [2.45, 2.75) is 122 Å². The third-order valence-corrected chi connectivity index (χ3v) is 6.67. The fraction of sp³-hybridized carbons (Fsp3) is 0.793. The lowest BCUT2D eigenvalue weighted by atomic mass is 10.0. The van der Waals surface area contributed by atoms with Gasteiger partial charge in [-0.3, -0.25) is 0 Å². The molecule has 2 heteroatoms. The van der Waals surface area contributed by atoms with Gasteiger partial charge in [0.05, 0.1) is 20.6 Å². The maximum atomic E-state index is 5.53. The predicted molar refractivity (Wildman–Crippen MR) is 139 cm³/mol. The van der Waals surface area contributed by atoms with Crippen molar-refractivity contribution < 1.29 is 4.48 Å². The van der Waals surface area contributed by atoms with Gasteiger partial charge in [0.2, 0.25) is 0 Å². The monoisotopic (exact) mass is 431 g/mol. The van der Waals surface area contributed by atoms with E-state index in [2.05, 4.69) is 44.4 Å². The molecule has 0 amide bonds. The third-order valence-electron chi connectivity index (χ3n) is 6.67. The molecule has 0 spiro atoms. The second kappa shape index (κ2) is 19.8. The SMILES string of the molecule is C[N+](C)(CCCCCCCCCCCCCCCCCCCCN)Cc1ccccc1. The van der Waals surface area contributed by atoms with E-state index in [9.17, 15) is 0 Å². The zero-order valence-corrected chi connectivity index (χ0v) is 21.3. The molecule has 0 aliphatic heterocycles. The lowest BCUT2D eigenvalue weighted by molar-refractivity contribution is -0.903. The molecule has 0 atom stereocenters. The molecule has 0 unspecified atom stereocenters. The van der Waals surface area contributed by atoms with Gasteiger partial charge < -0.3 is 10.2 Å². The molecule has 0 heterocycles. The van der Waals surface area contributed by atoms with Crippen molar-refractivity contribution in [2.75, 3.05) is 27.2 Å². The van der Waals surface area contributed by atoms with E-state index in [-0.39, 0.29) is 0 Å². The molecule has 0 saturated heterocycles. The highest BCUT2D eigenvalue weighted by Gasteiger charge is 2.14. The highest BCUT2D eigenvalue weighted by atomic mass is 15.3. The Morgan fingerprint density at radius 3 is 1.26 bits per heavy atom. The van der Waals surface area contributed by atoms with Gasteiger partial charge in [0, 0.05) is 5.56 Å². The Labute approximate surface area is 195 Å². The maximum absolute atomic E-state index is 5.53. The molecule has 0 aliphatic rings. The first-order chi connectivity index (χ1) is 15.1. The van der Waals surface area contributed by atoms with E-state index in [1.54, 1.807) is 0 Å². The first-order valence-corrected chi connectivity index (χ1v) is 13.7. The summed E-state index contributed by atoms with van der Waals surface area (Å²) in [5.74, 6) is 0. The molecule has 0 radical (unpaired) electrons. The average molecular weight is 432 g/mol. The van der Waals surface area contributed by atoms with Crippen molar-refractivity contribution in [3.8, 4) is 0 Å². The zero-order chi connectivity index (χ0) is 22.5. The zero-order valence-electron chi connectivity index (χ0n) is 21.3. The average Bonchev–Trinajstić information content (AvgIpc) is 2.75. The van der Waals surface area contributed by atoms with E-state index in [1.807, 2.05) is 0 Å². The number of benzene rings is 1. The molecule has 180 valence electrons. The molecule has 1 aromatic rings. The standard InChI is InChI=1S/C29H55N2/c1-31(2,28-29-24-20-19-21-25-29)27-23-18-16-14-12-10-8-6-4-3-5-7-9-11-13-15-17-22-26-30/h19-21,24-25H,3-18,22-23,26-28,30H2,1-2H3/q+1. The van der Waals surface area contributed by atoms with Crippen molar-refractivity contribution in [1.82, 2.24) is 0 Å². The smallest absolute Gasteiger partial charge is 0.104 e. The summed E-state index contributed by atoms with van der Waals surface area (Å²) in [6.07, 6.45) is 25.6. The Morgan fingerprint density at radius 2 is 0.871 bits per heavy atom. The van der Waals surface area contributed by atoms with Crippen molar-refractivity contribution in [3.63, 3.8) is 0 Å². The van der Waals surface area contributed by atoms with Crippen LogP contribution in [0.5, 0.6) is 0 Å². The van der Waals surface area contributed by atoms with Crippen LogP contribution in [-0.2, 0) is 6.54 Å². The van der Waals surface area contributed by atoms with Crippen LogP contribution >= 0.6 is 0 Å². The Morgan fingerprint density at radius 1 is 0.516 bits per heavy atom. The number of hydrogen-bond acceptors (Lipinski definition) is 1. The van der Waals surface area contributed by atoms with E-state index in [0.717, 1.165) is 17.6 Å². The summed E-state index contributed by atoms with van der Waals surface area (Å²) in [5.41, 5.74) is 6.99. The van der Waals surface area contributed by atoms with Crippen LogP contribution in [0.15, 0.2) is 30.3 Å². The number of hydrogen-bond donors (Lipinski definition) is 1. The number of unbranched alkanes of at least 4 members (excludes halogenated alkanes) is 17. The van der Waals surface area contributed by atoms with Crippen LogP contribution in [0.25, 0.3) is 0 Å². The lowest BCUT2D eigenvalue weighted by Crippen LogP contribution is -2.39. The molecule has 0 bridgehead atoms. The van der Waals surface area contributed by atoms with E-state index < -0.39 is 0 Å². The van der Waals surface area contributed by atoms with Crippen LogP contribution in [0.3, 0.4) is 0 Å². The second-order valence-electron chi connectivity index (χ2n) is 10.5. The second-order valence-corrected chi connectivity index (χ2v) is 10.5. The van der Waals surface area contributed by atoms with E-state index in [4.69, 9.17) is 5.73 Å². The van der Waals surface area contributed by atoms with Crippen LogP contribution in [-0.4, -0.2) is 31.7 Å². The van der Waals surface area contributed by atoms with Crippen molar-refractivity contribution in [2.24, 2.45) is 5.73 Å². The maximum Gasteiger partial charge on any atom is 0.104 e. The summed E-state index contributed by atoms with van der Waals surface area (Å²) in [4.78, 5) is 0. The van der Waals surface area contributed by atoms with Crippen LogP contribution in [0.2, 0.25) is 0 Å². The molecule has 1 aromatic carbocycles. The van der Waals surface area contributed by atoms with Crippen molar-refractivity contribution in [3.05, 3.63) is 35.9 Å². The van der Waals surface area contributed by atoms with Gasteiger partial charge >= 0.3 is 0 Å². The number of nitrogens with zero attached hydrogens (tertiary/aromatic N) is 1. The normalized spacial score (nSPS) is 11.8. The van der Waals surface area contributed by atoms with E-state index in [1.165, 1.54) is 128 Å². The first kappa shape index (κ1) is 28.2. The molecule has 2 N–H and O–H groups in total.